The van der Waals surface area contributed by atoms with E-state index in [-0.39, 0.29) is 0 Å². The average Bonchev–Trinajstić information content (AvgIpc) is 2.41. The number of aromatic nitrogens is 2. The molecular formula is C14H25N5. The molecule has 1 saturated carbocycles. The van der Waals surface area contributed by atoms with Crippen LogP contribution in [0.15, 0.2) is 6.33 Å². The van der Waals surface area contributed by atoms with Crippen molar-refractivity contribution in [2.45, 2.75) is 64.3 Å². The van der Waals surface area contributed by atoms with Gasteiger partial charge in [0.15, 0.2) is 0 Å². The maximum absolute atomic E-state index is 5.51. The van der Waals surface area contributed by atoms with Crippen molar-refractivity contribution in [3.63, 3.8) is 0 Å². The third-order valence-corrected chi connectivity index (χ3v) is 3.88. The molecule has 0 aromatic carbocycles. The SMILES string of the molecule is CCc1c(NN)ncnc1NC1CCCCCCC1. The summed E-state index contributed by atoms with van der Waals surface area (Å²) in [5, 5.41) is 3.60. The van der Waals surface area contributed by atoms with Gasteiger partial charge in [0.25, 0.3) is 0 Å². The lowest BCUT2D eigenvalue weighted by Gasteiger charge is -2.23. The fourth-order valence-electron chi connectivity index (χ4n) is 2.79. The van der Waals surface area contributed by atoms with Crippen LogP contribution in [-0.4, -0.2) is 16.0 Å². The van der Waals surface area contributed by atoms with Crippen LogP contribution in [0, 0.1) is 0 Å². The average molecular weight is 263 g/mol. The fraction of sp³-hybridized carbons (Fsp3) is 0.714. The van der Waals surface area contributed by atoms with Gasteiger partial charge in [0.2, 0.25) is 0 Å². The normalized spacial score (nSPS) is 17.6. The van der Waals surface area contributed by atoms with Gasteiger partial charge in [0.05, 0.1) is 0 Å². The van der Waals surface area contributed by atoms with Crippen molar-refractivity contribution in [1.29, 1.82) is 0 Å². The van der Waals surface area contributed by atoms with E-state index in [1.54, 1.807) is 6.33 Å². The van der Waals surface area contributed by atoms with Crippen LogP contribution in [-0.2, 0) is 6.42 Å². The predicted molar refractivity (Wildman–Crippen MR) is 78.9 cm³/mol. The Labute approximate surface area is 115 Å². The number of nitrogen functional groups attached to an aromatic ring is 1. The molecule has 2 rings (SSSR count). The lowest BCUT2D eigenvalue weighted by Crippen LogP contribution is -2.23. The van der Waals surface area contributed by atoms with Crippen LogP contribution in [0.3, 0.4) is 0 Å². The zero-order chi connectivity index (χ0) is 13.5. The molecule has 106 valence electrons. The van der Waals surface area contributed by atoms with E-state index >= 15 is 0 Å². The first-order chi connectivity index (χ1) is 9.35. The van der Waals surface area contributed by atoms with Crippen LogP contribution in [0.5, 0.6) is 0 Å². The van der Waals surface area contributed by atoms with Crippen LogP contribution >= 0.6 is 0 Å². The molecule has 5 nitrogen and oxygen atoms in total. The van der Waals surface area contributed by atoms with Gasteiger partial charge in [0.1, 0.15) is 18.0 Å². The van der Waals surface area contributed by atoms with Crippen molar-refractivity contribution < 1.29 is 0 Å². The summed E-state index contributed by atoms with van der Waals surface area (Å²) < 4.78 is 0. The Morgan fingerprint density at radius 3 is 2.37 bits per heavy atom. The zero-order valence-corrected chi connectivity index (χ0v) is 11.8. The monoisotopic (exact) mass is 263 g/mol. The smallest absolute Gasteiger partial charge is 0.148 e. The molecule has 0 aliphatic heterocycles. The number of hydrazine groups is 1. The highest BCUT2D eigenvalue weighted by atomic mass is 15.3. The second-order valence-corrected chi connectivity index (χ2v) is 5.23. The molecule has 1 fully saturated rings. The standard InChI is InChI=1S/C14H25N5/c1-2-12-13(16-10-17-14(12)19-15)18-11-8-6-4-3-5-7-9-11/h10-11H,2-9,15H2,1H3,(H2,16,17,18,19). The second kappa shape index (κ2) is 7.28. The largest absolute Gasteiger partial charge is 0.367 e. The molecular weight excluding hydrogens is 238 g/mol. The number of nitrogens with zero attached hydrogens (tertiary/aromatic N) is 2. The minimum absolute atomic E-state index is 0.533. The van der Waals surface area contributed by atoms with Crippen LogP contribution in [0.25, 0.3) is 0 Å². The van der Waals surface area contributed by atoms with E-state index in [2.05, 4.69) is 27.6 Å². The number of rotatable bonds is 4. The van der Waals surface area contributed by atoms with Gasteiger partial charge in [-0.3, -0.25) is 0 Å². The third-order valence-electron chi connectivity index (χ3n) is 3.88. The molecule has 1 aliphatic carbocycles. The number of anilines is 2. The van der Waals surface area contributed by atoms with Crippen molar-refractivity contribution in [2.75, 3.05) is 10.7 Å². The van der Waals surface area contributed by atoms with Crippen LogP contribution in [0.1, 0.15) is 57.4 Å². The van der Waals surface area contributed by atoms with Gasteiger partial charge in [-0.05, 0) is 19.3 Å². The first-order valence-electron chi connectivity index (χ1n) is 7.42. The van der Waals surface area contributed by atoms with E-state index < -0.39 is 0 Å². The summed E-state index contributed by atoms with van der Waals surface area (Å²) >= 11 is 0. The Hall–Kier alpha value is -1.36. The van der Waals surface area contributed by atoms with Crippen LogP contribution in [0.4, 0.5) is 11.6 Å². The fourth-order valence-corrected chi connectivity index (χ4v) is 2.79. The minimum atomic E-state index is 0.533. The van der Waals surface area contributed by atoms with E-state index in [9.17, 15) is 0 Å². The first-order valence-corrected chi connectivity index (χ1v) is 7.42. The molecule has 0 saturated heterocycles. The Balaban J connectivity index is 2.08. The topological polar surface area (TPSA) is 75.9 Å². The van der Waals surface area contributed by atoms with E-state index in [0.29, 0.717) is 6.04 Å². The molecule has 19 heavy (non-hydrogen) atoms. The quantitative estimate of drug-likeness (QED) is 0.575. The number of hydrogen-bond donors (Lipinski definition) is 3. The van der Waals surface area contributed by atoms with Crippen molar-refractivity contribution in [3.05, 3.63) is 11.9 Å². The first kappa shape index (κ1) is 14.1. The van der Waals surface area contributed by atoms with E-state index in [4.69, 9.17) is 5.84 Å². The molecule has 0 radical (unpaired) electrons. The van der Waals surface area contributed by atoms with Gasteiger partial charge in [-0.15, -0.1) is 0 Å². The van der Waals surface area contributed by atoms with Crippen LogP contribution in [0.2, 0.25) is 0 Å². The van der Waals surface area contributed by atoms with E-state index in [1.165, 1.54) is 44.9 Å². The van der Waals surface area contributed by atoms with Gasteiger partial charge in [0, 0.05) is 11.6 Å². The summed E-state index contributed by atoms with van der Waals surface area (Å²) in [6.07, 6.45) is 11.6. The molecule has 1 aromatic rings. The third kappa shape index (κ3) is 3.80. The summed E-state index contributed by atoms with van der Waals surface area (Å²) in [7, 11) is 0. The molecule has 0 unspecified atom stereocenters. The Morgan fingerprint density at radius 1 is 1.11 bits per heavy atom. The Morgan fingerprint density at radius 2 is 1.74 bits per heavy atom. The van der Waals surface area contributed by atoms with Crippen molar-refractivity contribution in [2.24, 2.45) is 5.84 Å². The summed E-state index contributed by atoms with van der Waals surface area (Å²) in [4.78, 5) is 8.56. The van der Waals surface area contributed by atoms with Gasteiger partial charge < -0.3 is 10.7 Å². The second-order valence-electron chi connectivity index (χ2n) is 5.23. The Bertz CT molecular complexity index is 385. The molecule has 0 atom stereocenters. The molecule has 1 aliphatic rings. The minimum Gasteiger partial charge on any atom is -0.367 e. The van der Waals surface area contributed by atoms with Crippen molar-refractivity contribution in [1.82, 2.24) is 9.97 Å². The van der Waals surface area contributed by atoms with Crippen molar-refractivity contribution >= 4 is 11.6 Å². The molecule has 1 heterocycles. The maximum atomic E-state index is 5.51. The van der Waals surface area contributed by atoms with E-state index in [1.807, 2.05) is 0 Å². The number of hydrogen-bond acceptors (Lipinski definition) is 5. The molecule has 0 spiro atoms. The van der Waals surface area contributed by atoms with Gasteiger partial charge >= 0.3 is 0 Å². The molecule has 1 aromatic heterocycles. The van der Waals surface area contributed by atoms with E-state index in [0.717, 1.165) is 23.6 Å². The van der Waals surface area contributed by atoms with Gasteiger partial charge in [-0.1, -0.05) is 39.0 Å². The number of nitrogens with two attached hydrogens (primary N) is 1. The highest BCUT2D eigenvalue weighted by Crippen LogP contribution is 2.24. The lowest BCUT2D eigenvalue weighted by molar-refractivity contribution is 0.470. The summed E-state index contributed by atoms with van der Waals surface area (Å²) in [6, 6.07) is 0.533. The highest BCUT2D eigenvalue weighted by Gasteiger charge is 2.15. The highest BCUT2D eigenvalue weighted by molar-refractivity contribution is 5.57. The molecule has 4 N–H and O–H groups in total. The predicted octanol–water partition coefficient (Wildman–Crippen LogP) is 2.85. The zero-order valence-electron chi connectivity index (χ0n) is 11.8. The lowest BCUT2D eigenvalue weighted by atomic mass is 9.96. The van der Waals surface area contributed by atoms with Crippen LogP contribution < -0.4 is 16.6 Å². The summed E-state index contributed by atoms with van der Waals surface area (Å²) in [6.45, 7) is 2.10. The molecule has 0 bridgehead atoms. The Kier molecular flexibility index (Phi) is 5.39. The van der Waals surface area contributed by atoms with Gasteiger partial charge in [-0.2, -0.15) is 0 Å². The molecule has 0 amide bonds. The number of nitrogens with one attached hydrogen (secondary N) is 2. The van der Waals surface area contributed by atoms with Crippen molar-refractivity contribution in [3.8, 4) is 0 Å². The molecule has 5 heteroatoms. The maximum Gasteiger partial charge on any atom is 0.148 e. The summed E-state index contributed by atoms with van der Waals surface area (Å²) in [5.41, 5.74) is 3.73. The summed E-state index contributed by atoms with van der Waals surface area (Å²) in [5.74, 6) is 7.17. The van der Waals surface area contributed by atoms with Gasteiger partial charge in [-0.25, -0.2) is 15.8 Å².